The highest BCUT2D eigenvalue weighted by atomic mass is 32.2. The Morgan fingerprint density at radius 2 is 2.04 bits per heavy atom. The van der Waals surface area contributed by atoms with Crippen LogP contribution < -0.4 is 4.90 Å². The Balaban J connectivity index is 1.62. The van der Waals surface area contributed by atoms with Gasteiger partial charge in [-0.15, -0.1) is 0 Å². The van der Waals surface area contributed by atoms with Crippen LogP contribution in [0.1, 0.15) is 38.4 Å². The molecule has 5 nitrogen and oxygen atoms in total. The van der Waals surface area contributed by atoms with Crippen LogP contribution in [0.25, 0.3) is 6.08 Å². The van der Waals surface area contributed by atoms with Crippen molar-refractivity contribution in [1.29, 1.82) is 0 Å². The number of thiocarbonyl (C=S) groups is 1. The number of morpholine rings is 1. The second-order valence-electron chi connectivity index (χ2n) is 6.17. The molecule has 0 spiro atoms. The number of hydrogen-bond donors (Lipinski definition) is 0. The van der Waals surface area contributed by atoms with Gasteiger partial charge in [0.2, 0.25) is 0 Å². The molecule has 3 rings (SSSR count). The van der Waals surface area contributed by atoms with E-state index in [4.69, 9.17) is 21.4 Å². The first-order valence-electron chi connectivity index (χ1n) is 8.87. The number of amides is 1. The normalized spacial score (nSPS) is 20.1. The third-order valence-corrected chi connectivity index (χ3v) is 5.70. The zero-order valence-corrected chi connectivity index (χ0v) is 16.2. The van der Waals surface area contributed by atoms with Crippen molar-refractivity contribution in [2.24, 2.45) is 0 Å². The van der Waals surface area contributed by atoms with Crippen LogP contribution in [-0.2, 0) is 9.53 Å². The van der Waals surface area contributed by atoms with E-state index in [1.807, 2.05) is 12.1 Å². The first-order valence-corrected chi connectivity index (χ1v) is 10.1. The molecule has 2 fully saturated rings. The predicted octanol–water partition coefficient (Wildman–Crippen LogP) is 3.90. The number of rotatable bonds is 7. The van der Waals surface area contributed by atoms with Crippen LogP contribution in [0.2, 0.25) is 0 Å². The number of nitrogens with zero attached hydrogens (tertiary/aromatic N) is 2. The van der Waals surface area contributed by atoms with E-state index in [2.05, 4.69) is 11.8 Å². The van der Waals surface area contributed by atoms with Crippen molar-refractivity contribution in [2.75, 3.05) is 37.7 Å². The number of carbonyl (C=O) groups is 1. The lowest BCUT2D eigenvalue weighted by molar-refractivity contribution is -0.122. The maximum absolute atomic E-state index is 12.6. The zero-order valence-electron chi connectivity index (χ0n) is 14.5. The van der Waals surface area contributed by atoms with E-state index in [9.17, 15) is 4.79 Å². The van der Waals surface area contributed by atoms with Gasteiger partial charge in [-0.2, -0.15) is 0 Å². The van der Waals surface area contributed by atoms with Crippen LogP contribution in [-0.4, -0.2) is 48.0 Å². The van der Waals surface area contributed by atoms with Gasteiger partial charge in [-0.3, -0.25) is 9.69 Å². The second kappa shape index (κ2) is 8.87. The van der Waals surface area contributed by atoms with Gasteiger partial charge in [-0.05, 0) is 12.5 Å². The van der Waals surface area contributed by atoms with Crippen molar-refractivity contribution in [3.05, 3.63) is 22.8 Å². The van der Waals surface area contributed by atoms with Crippen LogP contribution >= 0.6 is 24.0 Å². The van der Waals surface area contributed by atoms with Gasteiger partial charge in [-0.25, -0.2) is 0 Å². The Kier molecular flexibility index (Phi) is 6.56. The van der Waals surface area contributed by atoms with E-state index in [1.54, 1.807) is 11.0 Å². The third kappa shape index (κ3) is 4.65. The summed E-state index contributed by atoms with van der Waals surface area (Å²) in [5.41, 5.74) is 0. The SMILES string of the molecule is CCCCCCN1C(=O)/C(=C/c2ccc(N3CCOCC3)o2)SC1=S. The number of unbranched alkanes of at least 4 members (excludes halogenated alkanes) is 3. The first-order chi connectivity index (χ1) is 12.2. The third-order valence-electron chi connectivity index (χ3n) is 4.32. The average Bonchev–Trinajstić information content (AvgIpc) is 3.19. The van der Waals surface area contributed by atoms with Crippen LogP contribution in [0.4, 0.5) is 5.88 Å². The minimum Gasteiger partial charge on any atom is -0.441 e. The quantitative estimate of drug-likeness (QED) is 0.406. The highest BCUT2D eigenvalue weighted by Gasteiger charge is 2.31. The van der Waals surface area contributed by atoms with Gasteiger partial charge in [-0.1, -0.05) is 50.2 Å². The largest absolute Gasteiger partial charge is 0.441 e. The van der Waals surface area contributed by atoms with Crippen LogP contribution in [0.5, 0.6) is 0 Å². The van der Waals surface area contributed by atoms with E-state index in [0.29, 0.717) is 34.7 Å². The Hall–Kier alpha value is -1.31. The summed E-state index contributed by atoms with van der Waals surface area (Å²) in [6.45, 7) is 5.97. The number of thioether (sulfide) groups is 1. The molecule has 0 unspecified atom stereocenters. The highest BCUT2D eigenvalue weighted by Crippen LogP contribution is 2.33. The molecule has 0 radical (unpaired) electrons. The Morgan fingerprint density at radius 1 is 1.24 bits per heavy atom. The van der Waals surface area contributed by atoms with Crippen LogP contribution in [0, 0.1) is 0 Å². The topological polar surface area (TPSA) is 45.9 Å². The summed E-state index contributed by atoms with van der Waals surface area (Å²) in [4.78, 5) is 17.1. The molecule has 0 saturated carbocycles. The summed E-state index contributed by atoms with van der Waals surface area (Å²) >= 11 is 6.73. The number of furan rings is 1. The molecule has 0 aliphatic carbocycles. The fraction of sp³-hybridized carbons (Fsp3) is 0.556. The molecule has 0 atom stereocenters. The van der Waals surface area contributed by atoms with E-state index in [1.165, 1.54) is 24.6 Å². The minimum absolute atomic E-state index is 0.00387. The molecule has 0 aromatic carbocycles. The summed E-state index contributed by atoms with van der Waals surface area (Å²) in [6.07, 6.45) is 6.31. The summed E-state index contributed by atoms with van der Waals surface area (Å²) in [5, 5.41) is 0. The molecule has 2 saturated heterocycles. The van der Waals surface area contributed by atoms with E-state index >= 15 is 0 Å². The van der Waals surface area contributed by atoms with Crippen LogP contribution in [0.3, 0.4) is 0 Å². The van der Waals surface area contributed by atoms with E-state index in [-0.39, 0.29) is 5.91 Å². The second-order valence-corrected chi connectivity index (χ2v) is 7.85. The zero-order chi connectivity index (χ0) is 17.6. The first kappa shape index (κ1) is 18.5. The molecular formula is C18H24N2O3S2. The number of ether oxygens (including phenoxy) is 1. The van der Waals surface area contributed by atoms with Crippen molar-refractivity contribution >= 4 is 46.2 Å². The fourth-order valence-electron chi connectivity index (χ4n) is 2.89. The van der Waals surface area contributed by atoms with Crippen LogP contribution in [0.15, 0.2) is 21.5 Å². The van der Waals surface area contributed by atoms with Gasteiger partial charge in [0.1, 0.15) is 10.1 Å². The molecule has 1 aromatic rings. The summed E-state index contributed by atoms with van der Waals surface area (Å²) in [6, 6.07) is 3.85. The Bertz CT molecular complexity index is 651. The summed E-state index contributed by atoms with van der Waals surface area (Å²) < 4.78 is 11.9. The van der Waals surface area contributed by atoms with Gasteiger partial charge < -0.3 is 14.1 Å². The summed E-state index contributed by atoms with van der Waals surface area (Å²) in [5.74, 6) is 1.51. The highest BCUT2D eigenvalue weighted by molar-refractivity contribution is 8.26. The average molecular weight is 381 g/mol. The maximum Gasteiger partial charge on any atom is 0.266 e. The number of anilines is 1. The molecule has 1 amide bonds. The number of carbonyl (C=O) groups excluding carboxylic acids is 1. The molecule has 2 aliphatic heterocycles. The predicted molar refractivity (Wildman–Crippen MR) is 106 cm³/mol. The van der Waals surface area contributed by atoms with Crippen molar-refractivity contribution < 1.29 is 13.9 Å². The van der Waals surface area contributed by atoms with Gasteiger partial charge >= 0.3 is 0 Å². The summed E-state index contributed by atoms with van der Waals surface area (Å²) in [7, 11) is 0. The van der Waals surface area contributed by atoms with E-state index in [0.717, 1.165) is 31.8 Å². The standard InChI is InChI=1S/C18H24N2O3S2/c1-2-3-4-5-8-20-17(21)15(25-18(20)24)13-14-6-7-16(23-14)19-9-11-22-12-10-19/h6-7,13H,2-5,8-12H2,1H3/b15-13-. The van der Waals surface area contributed by atoms with E-state index < -0.39 is 0 Å². The Labute approximate surface area is 158 Å². The minimum atomic E-state index is -0.00387. The molecule has 7 heteroatoms. The fourth-order valence-corrected chi connectivity index (χ4v) is 4.18. The van der Waals surface area contributed by atoms with Crippen molar-refractivity contribution in [3.63, 3.8) is 0 Å². The van der Waals surface area contributed by atoms with Gasteiger partial charge in [0.25, 0.3) is 5.91 Å². The molecule has 1 aromatic heterocycles. The van der Waals surface area contributed by atoms with Crippen molar-refractivity contribution in [1.82, 2.24) is 4.90 Å². The molecule has 3 heterocycles. The maximum atomic E-state index is 12.6. The van der Waals surface area contributed by atoms with Gasteiger partial charge in [0, 0.05) is 31.8 Å². The molecule has 0 bridgehead atoms. The van der Waals surface area contributed by atoms with Crippen molar-refractivity contribution in [3.8, 4) is 0 Å². The lowest BCUT2D eigenvalue weighted by Crippen LogP contribution is -2.35. The van der Waals surface area contributed by atoms with Crippen molar-refractivity contribution in [2.45, 2.75) is 32.6 Å². The lowest BCUT2D eigenvalue weighted by atomic mass is 10.2. The molecule has 25 heavy (non-hydrogen) atoms. The van der Waals surface area contributed by atoms with Gasteiger partial charge in [0.15, 0.2) is 5.88 Å². The van der Waals surface area contributed by atoms with Gasteiger partial charge in [0.05, 0.1) is 18.1 Å². The molecule has 136 valence electrons. The lowest BCUT2D eigenvalue weighted by Gasteiger charge is -2.26. The molecule has 0 N–H and O–H groups in total. The molecular weight excluding hydrogens is 356 g/mol. The molecule has 2 aliphatic rings. The number of hydrogen-bond acceptors (Lipinski definition) is 6. The monoisotopic (exact) mass is 380 g/mol. The smallest absolute Gasteiger partial charge is 0.266 e. The Morgan fingerprint density at radius 3 is 2.80 bits per heavy atom.